The molecule has 22 heavy (non-hydrogen) atoms. The Morgan fingerprint density at radius 2 is 1.50 bits per heavy atom. The molecule has 0 saturated carbocycles. The van der Waals surface area contributed by atoms with Gasteiger partial charge < -0.3 is 4.98 Å². The van der Waals surface area contributed by atoms with Gasteiger partial charge in [-0.25, -0.2) is 0 Å². The van der Waals surface area contributed by atoms with Gasteiger partial charge in [-0.3, -0.25) is 10.4 Å². The van der Waals surface area contributed by atoms with Crippen LogP contribution >= 0.6 is 0 Å². The first-order chi connectivity index (χ1) is 10.9. The van der Waals surface area contributed by atoms with Crippen molar-refractivity contribution in [2.75, 3.05) is 5.01 Å². The molecule has 1 aliphatic rings. The van der Waals surface area contributed by atoms with Gasteiger partial charge in [-0.15, -0.1) is 0 Å². The van der Waals surface area contributed by atoms with Gasteiger partial charge in [0.2, 0.25) is 0 Å². The summed E-state index contributed by atoms with van der Waals surface area (Å²) in [5, 5.41) is 2.20. The first-order valence-electron chi connectivity index (χ1n) is 7.43. The van der Waals surface area contributed by atoms with Gasteiger partial charge in [0.1, 0.15) is 0 Å². The third-order valence-electron chi connectivity index (χ3n) is 3.91. The van der Waals surface area contributed by atoms with Crippen LogP contribution in [0.3, 0.4) is 0 Å². The molecule has 0 fully saturated rings. The van der Waals surface area contributed by atoms with E-state index in [2.05, 4.69) is 76.1 Å². The Morgan fingerprint density at radius 3 is 2.18 bits per heavy atom. The summed E-state index contributed by atoms with van der Waals surface area (Å²) < 4.78 is 0. The van der Waals surface area contributed by atoms with Crippen LogP contribution in [0.25, 0.3) is 5.70 Å². The lowest BCUT2D eigenvalue weighted by atomic mass is 10.1. The van der Waals surface area contributed by atoms with Gasteiger partial charge in [0, 0.05) is 6.20 Å². The predicted octanol–water partition coefficient (Wildman–Crippen LogP) is 4.12. The lowest BCUT2D eigenvalue weighted by Gasteiger charge is -2.27. The largest absolute Gasteiger partial charge is 0.360 e. The van der Waals surface area contributed by atoms with Crippen molar-refractivity contribution in [1.29, 1.82) is 0 Å². The number of aromatic amines is 1. The molecule has 1 aromatic heterocycles. The Hall–Kier alpha value is -2.94. The quantitative estimate of drug-likeness (QED) is 0.759. The third kappa shape index (κ3) is 2.27. The summed E-state index contributed by atoms with van der Waals surface area (Å²) in [7, 11) is 0. The van der Waals surface area contributed by atoms with Crippen molar-refractivity contribution < 1.29 is 0 Å². The standard InChI is InChI=1S/C19H17N3/c1-3-8-15(9-4-1)19-14-18(17-12-7-13-20-17)21-22(19)16-10-5-2-6-11-16/h1-14,19-21H. The van der Waals surface area contributed by atoms with E-state index >= 15 is 0 Å². The van der Waals surface area contributed by atoms with Gasteiger partial charge in [-0.1, -0.05) is 48.5 Å². The van der Waals surface area contributed by atoms with E-state index in [0.717, 1.165) is 17.1 Å². The molecule has 1 unspecified atom stereocenters. The molecule has 0 radical (unpaired) electrons. The van der Waals surface area contributed by atoms with Crippen LogP contribution in [-0.2, 0) is 0 Å². The Balaban J connectivity index is 1.75. The number of benzene rings is 2. The van der Waals surface area contributed by atoms with E-state index in [0.29, 0.717) is 0 Å². The van der Waals surface area contributed by atoms with Crippen LogP contribution in [0.2, 0.25) is 0 Å². The second-order valence-electron chi connectivity index (χ2n) is 5.34. The van der Waals surface area contributed by atoms with Crippen molar-refractivity contribution in [3.63, 3.8) is 0 Å². The Labute approximate surface area is 129 Å². The van der Waals surface area contributed by atoms with Crippen LogP contribution < -0.4 is 10.4 Å². The lowest BCUT2D eigenvalue weighted by Crippen LogP contribution is -2.33. The molecule has 0 bridgehead atoms. The monoisotopic (exact) mass is 287 g/mol. The number of para-hydroxylation sites is 1. The molecule has 3 aromatic rings. The molecule has 3 heteroatoms. The molecule has 4 rings (SSSR count). The van der Waals surface area contributed by atoms with Crippen LogP contribution in [0.1, 0.15) is 17.3 Å². The van der Waals surface area contributed by atoms with E-state index < -0.39 is 0 Å². The minimum atomic E-state index is 0.168. The zero-order chi connectivity index (χ0) is 14.8. The van der Waals surface area contributed by atoms with E-state index in [9.17, 15) is 0 Å². The summed E-state index contributed by atoms with van der Waals surface area (Å²) in [5.41, 5.74) is 8.13. The first-order valence-corrected chi connectivity index (χ1v) is 7.43. The van der Waals surface area contributed by atoms with Crippen LogP contribution in [0.15, 0.2) is 85.1 Å². The lowest BCUT2D eigenvalue weighted by molar-refractivity contribution is 0.723. The molecule has 2 aromatic carbocycles. The molecular formula is C19H17N3. The fraction of sp³-hybridized carbons (Fsp3) is 0.0526. The van der Waals surface area contributed by atoms with Crippen molar-refractivity contribution in [3.05, 3.63) is 96.3 Å². The van der Waals surface area contributed by atoms with Gasteiger partial charge in [0.15, 0.2) is 0 Å². The van der Waals surface area contributed by atoms with Crippen molar-refractivity contribution in [3.8, 4) is 0 Å². The number of rotatable bonds is 3. The number of nitrogens with one attached hydrogen (secondary N) is 2. The molecule has 1 aliphatic heterocycles. The Bertz CT molecular complexity index is 761. The second-order valence-corrected chi connectivity index (χ2v) is 5.34. The molecule has 108 valence electrons. The van der Waals surface area contributed by atoms with E-state index in [1.165, 1.54) is 5.56 Å². The number of hydrogen-bond donors (Lipinski definition) is 2. The minimum absolute atomic E-state index is 0.168. The average molecular weight is 287 g/mol. The number of H-pyrrole nitrogens is 1. The number of hydrogen-bond acceptors (Lipinski definition) is 2. The van der Waals surface area contributed by atoms with Crippen molar-refractivity contribution in [1.82, 2.24) is 10.4 Å². The summed E-state index contributed by atoms with van der Waals surface area (Å²) >= 11 is 0. The van der Waals surface area contributed by atoms with Gasteiger partial charge in [0.25, 0.3) is 0 Å². The highest BCUT2D eigenvalue weighted by Crippen LogP contribution is 2.34. The second kappa shape index (κ2) is 5.45. The Morgan fingerprint density at radius 1 is 0.773 bits per heavy atom. The highest BCUT2D eigenvalue weighted by molar-refractivity contribution is 5.70. The number of hydrazine groups is 1. The molecule has 0 aliphatic carbocycles. The van der Waals surface area contributed by atoms with E-state index in [1.807, 2.05) is 24.4 Å². The summed E-state index contributed by atoms with van der Waals surface area (Å²) in [6.07, 6.45) is 4.20. The van der Waals surface area contributed by atoms with E-state index in [4.69, 9.17) is 0 Å². The smallest absolute Gasteiger partial charge is 0.0958 e. The predicted molar refractivity (Wildman–Crippen MR) is 90.0 cm³/mol. The zero-order valence-corrected chi connectivity index (χ0v) is 12.1. The van der Waals surface area contributed by atoms with Gasteiger partial charge in [-0.2, -0.15) is 0 Å². The van der Waals surface area contributed by atoms with Crippen molar-refractivity contribution in [2.24, 2.45) is 0 Å². The van der Waals surface area contributed by atoms with E-state index in [1.54, 1.807) is 0 Å². The molecule has 1 atom stereocenters. The van der Waals surface area contributed by atoms with Gasteiger partial charge >= 0.3 is 0 Å². The molecule has 0 saturated heterocycles. The molecule has 0 spiro atoms. The molecular weight excluding hydrogens is 270 g/mol. The highest BCUT2D eigenvalue weighted by atomic mass is 15.5. The van der Waals surface area contributed by atoms with Gasteiger partial charge in [-0.05, 0) is 35.9 Å². The number of nitrogens with zero attached hydrogens (tertiary/aromatic N) is 1. The average Bonchev–Trinajstić information content (AvgIpc) is 3.26. The zero-order valence-electron chi connectivity index (χ0n) is 12.1. The van der Waals surface area contributed by atoms with Crippen LogP contribution in [-0.4, -0.2) is 4.98 Å². The normalized spacial score (nSPS) is 17.2. The van der Waals surface area contributed by atoms with Crippen LogP contribution in [0.5, 0.6) is 0 Å². The third-order valence-corrected chi connectivity index (χ3v) is 3.91. The van der Waals surface area contributed by atoms with Crippen LogP contribution in [0, 0.1) is 0 Å². The summed E-state index contributed by atoms with van der Waals surface area (Å²) in [4.78, 5) is 3.27. The first kappa shape index (κ1) is 12.8. The maximum atomic E-state index is 3.52. The summed E-state index contributed by atoms with van der Waals surface area (Å²) in [6, 6.07) is 25.2. The fourth-order valence-electron chi connectivity index (χ4n) is 2.83. The molecule has 2 heterocycles. The summed E-state index contributed by atoms with van der Waals surface area (Å²) in [5.74, 6) is 0. The molecule has 0 amide bonds. The highest BCUT2D eigenvalue weighted by Gasteiger charge is 2.27. The number of anilines is 1. The van der Waals surface area contributed by atoms with E-state index in [-0.39, 0.29) is 6.04 Å². The maximum absolute atomic E-state index is 3.52. The fourth-order valence-corrected chi connectivity index (χ4v) is 2.83. The van der Waals surface area contributed by atoms with Gasteiger partial charge in [0.05, 0.1) is 23.1 Å². The molecule has 2 N–H and O–H groups in total. The summed E-state index contributed by atoms with van der Waals surface area (Å²) in [6.45, 7) is 0. The molecule has 3 nitrogen and oxygen atoms in total. The maximum Gasteiger partial charge on any atom is 0.0958 e. The van der Waals surface area contributed by atoms with Crippen LogP contribution in [0.4, 0.5) is 5.69 Å². The minimum Gasteiger partial charge on any atom is -0.360 e. The topological polar surface area (TPSA) is 31.1 Å². The SMILES string of the molecule is C1=C(c2ccc[nH]2)NN(c2ccccc2)C1c1ccccc1. The number of aromatic nitrogens is 1. The Kier molecular flexibility index (Phi) is 3.16. The van der Waals surface area contributed by atoms with Crippen molar-refractivity contribution >= 4 is 11.4 Å². The van der Waals surface area contributed by atoms with Crippen molar-refractivity contribution in [2.45, 2.75) is 6.04 Å².